The van der Waals surface area contributed by atoms with Crippen LogP contribution in [-0.2, 0) is 11.3 Å². The number of hydrogen-bond acceptors (Lipinski definition) is 4. The first-order chi connectivity index (χ1) is 7.67. The van der Waals surface area contributed by atoms with Crippen LogP contribution in [0, 0.1) is 12.8 Å². The van der Waals surface area contributed by atoms with Crippen molar-refractivity contribution in [1.82, 2.24) is 10.3 Å². The number of amides is 1. The maximum Gasteiger partial charge on any atom is 0.224 e. The third-order valence-electron chi connectivity index (χ3n) is 2.40. The second kappa shape index (κ2) is 6.60. The summed E-state index contributed by atoms with van der Waals surface area (Å²) in [5, 5.41) is 3.92. The molecule has 5 heteroatoms. The van der Waals surface area contributed by atoms with E-state index in [0.717, 1.165) is 22.7 Å². The lowest BCUT2D eigenvalue weighted by molar-refractivity contribution is -0.125. The number of rotatable bonds is 6. The molecule has 3 N–H and O–H groups in total. The first-order valence-electron chi connectivity index (χ1n) is 5.56. The van der Waals surface area contributed by atoms with Crippen molar-refractivity contribution in [1.29, 1.82) is 0 Å². The van der Waals surface area contributed by atoms with E-state index in [0.29, 0.717) is 13.1 Å². The predicted octanol–water partition coefficient (Wildman–Crippen LogP) is 1.44. The monoisotopic (exact) mass is 241 g/mol. The Labute approximate surface area is 100 Å². The summed E-state index contributed by atoms with van der Waals surface area (Å²) in [4.78, 5) is 17.0. The molecule has 0 saturated heterocycles. The number of aromatic nitrogens is 1. The number of carbonyl (C=O) groups excluding carboxylic acids is 1. The molecule has 90 valence electrons. The number of hydrogen-bond donors (Lipinski definition) is 2. The topological polar surface area (TPSA) is 68.0 Å². The van der Waals surface area contributed by atoms with Gasteiger partial charge < -0.3 is 11.1 Å². The molecule has 16 heavy (non-hydrogen) atoms. The largest absolute Gasteiger partial charge is 0.351 e. The molecule has 0 aliphatic rings. The highest BCUT2D eigenvalue weighted by molar-refractivity contribution is 7.11. The fourth-order valence-electron chi connectivity index (χ4n) is 1.51. The Morgan fingerprint density at radius 1 is 1.69 bits per heavy atom. The van der Waals surface area contributed by atoms with Crippen molar-refractivity contribution in [3.8, 4) is 0 Å². The smallest absolute Gasteiger partial charge is 0.224 e. The molecule has 1 aromatic rings. The van der Waals surface area contributed by atoms with Gasteiger partial charge in [-0.05, 0) is 13.3 Å². The summed E-state index contributed by atoms with van der Waals surface area (Å²) in [7, 11) is 0. The fourth-order valence-corrected chi connectivity index (χ4v) is 2.24. The van der Waals surface area contributed by atoms with Crippen LogP contribution in [0.5, 0.6) is 0 Å². The van der Waals surface area contributed by atoms with Crippen LogP contribution in [0.1, 0.15) is 29.7 Å². The summed E-state index contributed by atoms with van der Waals surface area (Å²) in [5.74, 6) is -0.00517. The minimum atomic E-state index is -0.0565. The quantitative estimate of drug-likeness (QED) is 0.792. The number of thiazole rings is 1. The van der Waals surface area contributed by atoms with Crippen LogP contribution in [0.3, 0.4) is 0 Å². The van der Waals surface area contributed by atoms with Crippen LogP contribution in [0.25, 0.3) is 0 Å². The Hall–Kier alpha value is -0.940. The van der Waals surface area contributed by atoms with Gasteiger partial charge in [0.15, 0.2) is 0 Å². The van der Waals surface area contributed by atoms with Gasteiger partial charge in [0.05, 0.1) is 17.5 Å². The van der Waals surface area contributed by atoms with Crippen molar-refractivity contribution < 1.29 is 4.79 Å². The average molecular weight is 241 g/mol. The Morgan fingerprint density at radius 2 is 2.44 bits per heavy atom. The lowest BCUT2D eigenvalue weighted by Gasteiger charge is -2.12. The van der Waals surface area contributed by atoms with Gasteiger partial charge in [-0.3, -0.25) is 4.79 Å². The first kappa shape index (κ1) is 13.1. The van der Waals surface area contributed by atoms with E-state index >= 15 is 0 Å². The Balaban J connectivity index is 2.39. The molecule has 0 bridgehead atoms. The van der Waals surface area contributed by atoms with Gasteiger partial charge in [0.2, 0.25) is 5.91 Å². The van der Waals surface area contributed by atoms with Crippen LogP contribution in [-0.4, -0.2) is 17.4 Å². The Kier molecular flexibility index (Phi) is 5.42. The molecule has 1 heterocycles. The van der Waals surface area contributed by atoms with Crippen molar-refractivity contribution in [2.24, 2.45) is 11.7 Å². The number of nitrogens with one attached hydrogen (secondary N) is 1. The molecule has 0 aliphatic carbocycles. The molecule has 0 spiro atoms. The molecule has 0 saturated carbocycles. The summed E-state index contributed by atoms with van der Waals surface area (Å²) in [6, 6.07) is 0. The molecule has 0 fully saturated rings. The summed E-state index contributed by atoms with van der Waals surface area (Å²) in [6.45, 7) is 4.99. The zero-order valence-corrected chi connectivity index (χ0v) is 10.6. The minimum absolute atomic E-state index is 0.0513. The maximum atomic E-state index is 11.7. The van der Waals surface area contributed by atoms with Gasteiger partial charge in [-0.1, -0.05) is 13.3 Å². The maximum absolute atomic E-state index is 11.7. The van der Waals surface area contributed by atoms with Gasteiger partial charge in [-0.15, -0.1) is 11.3 Å². The lowest BCUT2D eigenvalue weighted by atomic mass is 10.0. The number of nitrogens with zero attached hydrogens (tertiary/aromatic N) is 1. The first-order valence-corrected chi connectivity index (χ1v) is 6.38. The van der Waals surface area contributed by atoms with Crippen molar-refractivity contribution in [2.45, 2.75) is 33.2 Å². The van der Waals surface area contributed by atoms with E-state index in [1.54, 1.807) is 17.5 Å². The molecule has 1 unspecified atom stereocenters. The zero-order chi connectivity index (χ0) is 12.0. The molecule has 0 radical (unpaired) electrons. The molecular formula is C11H19N3OS. The highest BCUT2D eigenvalue weighted by atomic mass is 32.1. The van der Waals surface area contributed by atoms with E-state index in [1.165, 1.54) is 0 Å². The number of nitrogens with two attached hydrogens (primary N) is 1. The van der Waals surface area contributed by atoms with Crippen molar-refractivity contribution in [2.75, 3.05) is 6.54 Å². The highest BCUT2D eigenvalue weighted by Gasteiger charge is 2.15. The molecule has 1 amide bonds. The Bertz CT molecular complexity index is 338. The van der Waals surface area contributed by atoms with Gasteiger partial charge >= 0.3 is 0 Å². The van der Waals surface area contributed by atoms with Crippen molar-refractivity contribution >= 4 is 17.2 Å². The zero-order valence-electron chi connectivity index (χ0n) is 9.82. The average Bonchev–Trinajstić information content (AvgIpc) is 2.68. The summed E-state index contributed by atoms with van der Waals surface area (Å²) < 4.78 is 0. The summed E-state index contributed by atoms with van der Waals surface area (Å²) in [6.07, 6.45) is 3.64. The second-order valence-corrected chi connectivity index (χ2v) is 5.10. The van der Waals surface area contributed by atoms with Gasteiger partial charge in [-0.25, -0.2) is 4.98 Å². The van der Waals surface area contributed by atoms with E-state index in [-0.39, 0.29) is 11.8 Å². The minimum Gasteiger partial charge on any atom is -0.351 e. The molecular weight excluding hydrogens is 222 g/mol. The van der Waals surface area contributed by atoms with Crippen molar-refractivity contribution in [3.05, 3.63) is 16.1 Å². The van der Waals surface area contributed by atoms with E-state index < -0.39 is 0 Å². The molecule has 4 nitrogen and oxygen atoms in total. The molecule has 1 atom stereocenters. The highest BCUT2D eigenvalue weighted by Crippen LogP contribution is 2.11. The number of aryl methyl sites for hydroxylation is 1. The molecule has 0 aliphatic heterocycles. The predicted molar refractivity (Wildman–Crippen MR) is 66.2 cm³/mol. The van der Waals surface area contributed by atoms with Gasteiger partial charge in [0.25, 0.3) is 0 Å². The van der Waals surface area contributed by atoms with Crippen LogP contribution < -0.4 is 11.1 Å². The van der Waals surface area contributed by atoms with E-state index in [2.05, 4.69) is 17.2 Å². The van der Waals surface area contributed by atoms with E-state index in [4.69, 9.17) is 5.73 Å². The lowest BCUT2D eigenvalue weighted by Crippen LogP contribution is -2.34. The standard InChI is InChI=1S/C11H19N3OS/c1-3-4-9(5-12)11(15)14-7-10-6-13-8(2)16-10/h6,9H,3-5,7,12H2,1-2H3,(H,14,15). The summed E-state index contributed by atoms with van der Waals surface area (Å²) in [5.41, 5.74) is 5.56. The fraction of sp³-hybridized carbons (Fsp3) is 0.636. The van der Waals surface area contributed by atoms with Crippen LogP contribution in [0.2, 0.25) is 0 Å². The third-order valence-corrected chi connectivity index (χ3v) is 3.31. The molecule has 0 aromatic carbocycles. The van der Waals surface area contributed by atoms with Gasteiger partial charge in [-0.2, -0.15) is 0 Å². The van der Waals surface area contributed by atoms with E-state index in [9.17, 15) is 4.79 Å². The molecule has 1 rings (SSSR count). The summed E-state index contributed by atoms with van der Waals surface area (Å²) >= 11 is 1.61. The van der Waals surface area contributed by atoms with Gasteiger partial charge in [0, 0.05) is 17.6 Å². The second-order valence-electron chi connectivity index (χ2n) is 3.78. The van der Waals surface area contributed by atoms with Gasteiger partial charge in [0.1, 0.15) is 0 Å². The SMILES string of the molecule is CCCC(CN)C(=O)NCc1cnc(C)s1. The Morgan fingerprint density at radius 3 is 2.94 bits per heavy atom. The van der Waals surface area contributed by atoms with E-state index in [1.807, 2.05) is 6.92 Å². The van der Waals surface area contributed by atoms with Crippen LogP contribution in [0.4, 0.5) is 0 Å². The van der Waals surface area contributed by atoms with Crippen LogP contribution in [0.15, 0.2) is 6.20 Å². The normalized spacial score (nSPS) is 12.4. The third kappa shape index (κ3) is 3.90. The van der Waals surface area contributed by atoms with Crippen molar-refractivity contribution in [3.63, 3.8) is 0 Å². The van der Waals surface area contributed by atoms with Crippen LogP contribution >= 0.6 is 11.3 Å². The molecule has 1 aromatic heterocycles. The number of carbonyl (C=O) groups is 1.